The number of nitrogens with zero attached hydrogens (tertiary/aromatic N) is 2. The summed E-state index contributed by atoms with van der Waals surface area (Å²) in [5.74, 6) is 0. The van der Waals surface area contributed by atoms with E-state index in [0.29, 0.717) is 0 Å². The van der Waals surface area contributed by atoms with Crippen molar-refractivity contribution in [3.05, 3.63) is 134 Å². The van der Waals surface area contributed by atoms with Gasteiger partial charge in [0.25, 0.3) is 0 Å². The van der Waals surface area contributed by atoms with Gasteiger partial charge in [0.05, 0.1) is 28.6 Å². The molecule has 0 saturated heterocycles. The van der Waals surface area contributed by atoms with E-state index in [9.17, 15) is 0 Å². The van der Waals surface area contributed by atoms with Crippen molar-refractivity contribution in [1.29, 1.82) is 0 Å². The Labute approximate surface area is 220 Å². The van der Waals surface area contributed by atoms with E-state index in [1.807, 2.05) is 24.4 Å². The Morgan fingerprint density at radius 1 is 0.500 bits per heavy atom. The highest BCUT2D eigenvalue weighted by molar-refractivity contribution is 6.10. The fourth-order valence-electron chi connectivity index (χ4n) is 5.86. The van der Waals surface area contributed by atoms with E-state index in [4.69, 9.17) is 4.98 Å². The molecule has 0 unspecified atom stereocenters. The van der Waals surface area contributed by atoms with Gasteiger partial charge >= 0.3 is 0 Å². The Hall–Kier alpha value is -4.99. The zero-order valence-corrected chi connectivity index (χ0v) is 20.7. The van der Waals surface area contributed by atoms with E-state index >= 15 is 0 Å². The molecule has 3 heterocycles. The molecule has 7 aromatic rings. The topological polar surface area (TPSA) is 34.4 Å². The SMILES string of the molecule is c1ccc(-c2ccc(-n3c4ccccc4c4cc(-c5ccc6c(c5)-c5ccccc5[NH2+]6)ccc43)cn2)cc1. The summed E-state index contributed by atoms with van der Waals surface area (Å²) in [6.45, 7) is 0. The first kappa shape index (κ1) is 21.1. The maximum Gasteiger partial charge on any atom is 0.142 e. The van der Waals surface area contributed by atoms with Gasteiger partial charge in [0.15, 0.2) is 0 Å². The van der Waals surface area contributed by atoms with Gasteiger partial charge in [0.1, 0.15) is 11.4 Å². The fraction of sp³-hybridized carbons (Fsp3) is 0. The third kappa shape index (κ3) is 3.23. The summed E-state index contributed by atoms with van der Waals surface area (Å²) in [6.07, 6.45) is 1.98. The monoisotopic (exact) mass is 486 g/mol. The standard InChI is InChI=1S/C35H23N3/c1-2-8-23(9-3-1)31-18-16-26(22-36-31)38-34-13-7-5-11-28(34)30-21-25(15-19-35(30)38)24-14-17-33-29(20-24)27-10-4-6-12-32(27)37-33/h1-22,37H/p+1. The van der Waals surface area contributed by atoms with Crippen molar-refractivity contribution in [2.75, 3.05) is 0 Å². The van der Waals surface area contributed by atoms with Crippen LogP contribution >= 0.6 is 0 Å². The molecular formula is C35H24N3+. The summed E-state index contributed by atoms with van der Waals surface area (Å²) in [4.78, 5) is 4.81. The van der Waals surface area contributed by atoms with Gasteiger partial charge in [-0.1, -0.05) is 66.7 Å². The Bertz CT molecular complexity index is 1980. The first-order valence-corrected chi connectivity index (χ1v) is 13.0. The summed E-state index contributed by atoms with van der Waals surface area (Å²) >= 11 is 0. The molecule has 0 bridgehead atoms. The molecule has 3 heteroatoms. The molecule has 0 aliphatic carbocycles. The molecule has 0 atom stereocenters. The first-order valence-electron chi connectivity index (χ1n) is 13.0. The van der Waals surface area contributed by atoms with Crippen LogP contribution < -0.4 is 5.32 Å². The third-order valence-corrected chi connectivity index (χ3v) is 7.70. The summed E-state index contributed by atoms with van der Waals surface area (Å²) in [5, 5.41) is 4.77. The van der Waals surface area contributed by atoms with Crippen LogP contribution in [0.5, 0.6) is 0 Å². The van der Waals surface area contributed by atoms with Crippen molar-refractivity contribution in [1.82, 2.24) is 9.55 Å². The Balaban J connectivity index is 1.26. The maximum atomic E-state index is 4.81. The Morgan fingerprint density at radius 3 is 2.13 bits per heavy atom. The normalized spacial score (nSPS) is 12.1. The molecule has 8 rings (SSSR count). The minimum Gasteiger partial charge on any atom is -0.308 e. The molecule has 38 heavy (non-hydrogen) atoms. The number of quaternary nitrogens is 1. The van der Waals surface area contributed by atoms with Gasteiger partial charge in [0.2, 0.25) is 0 Å². The van der Waals surface area contributed by atoms with Crippen LogP contribution in [-0.4, -0.2) is 9.55 Å². The molecular weight excluding hydrogens is 462 g/mol. The molecule has 1 aliphatic heterocycles. The van der Waals surface area contributed by atoms with Crippen LogP contribution in [-0.2, 0) is 0 Å². The second-order valence-electron chi connectivity index (χ2n) is 9.89. The summed E-state index contributed by atoms with van der Waals surface area (Å²) in [7, 11) is 0. The lowest BCUT2D eigenvalue weighted by molar-refractivity contribution is -0.473. The second kappa shape index (κ2) is 8.27. The van der Waals surface area contributed by atoms with E-state index in [1.165, 1.54) is 55.4 Å². The summed E-state index contributed by atoms with van der Waals surface area (Å²) in [6, 6.07) is 45.6. The summed E-state index contributed by atoms with van der Waals surface area (Å²) < 4.78 is 2.32. The molecule has 0 fully saturated rings. The lowest BCUT2D eigenvalue weighted by Gasteiger charge is -2.09. The van der Waals surface area contributed by atoms with Gasteiger partial charge in [0, 0.05) is 39.6 Å². The van der Waals surface area contributed by atoms with Gasteiger partial charge < -0.3 is 4.57 Å². The van der Waals surface area contributed by atoms with E-state index in [-0.39, 0.29) is 0 Å². The highest BCUT2D eigenvalue weighted by Crippen LogP contribution is 2.39. The average Bonchev–Trinajstić information content (AvgIpc) is 3.53. The second-order valence-corrected chi connectivity index (χ2v) is 9.89. The molecule has 178 valence electrons. The molecule has 0 radical (unpaired) electrons. The molecule has 0 spiro atoms. The molecule has 5 aromatic carbocycles. The molecule has 0 amide bonds. The molecule has 3 nitrogen and oxygen atoms in total. The minimum atomic E-state index is 0.979. The van der Waals surface area contributed by atoms with Crippen LogP contribution in [0.15, 0.2) is 134 Å². The highest BCUT2D eigenvalue weighted by Gasteiger charge is 2.23. The van der Waals surface area contributed by atoms with Crippen molar-refractivity contribution in [2.45, 2.75) is 0 Å². The van der Waals surface area contributed by atoms with Crippen molar-refractivity contribution in [3.63, 3.8) is 0 Å². The van der Waals surface area contributed by atoms with Crippen molar-refractivity contribution in [2.24, 2.45) is 0 Å². The van der Waals surface area contributed by atoms with Gasteiger partial charge in [-0.3, -0.25) is 10.3 Å². The van der Waals surface area contributed by atoms with Crippen molar-refractivity contribution >= 4 is 33.2 Å². The molecule has 2 aromatic heterocycles. The smallest absolute Gasteiger partial charge is 0.142 e. The number of benzene rings is 5. The number of hydrogen-bond donors (Lipinski definition) is 1. The predicted octanol–water partition coefficient (Wildman–Crippen LogP) is 8.02. The van der Waals surface area contributed by atoms with Crippen LogP contribution in [0.2, 0.25) is 0 Å². The van der Waals surface area contributed by atoms with Crippen LogP contribution in [0.4, 0.5) is 11.4 Å². The third-order valence-electron chi connectivity index (χ3n) is 7.70. The van der Waals surface area contributed by atoms with E-state index < -0.39 is 0 Å². The summed E-state index contributed by atoms with van der Waals surface area (Å²) in [5.41, 5.74) is 13.2. The first-order chi connectivity index (χ1) is 18.8. The lowest BCUT2D eigenvalue weighted by Crippen LogP contribution is -2.69. The van der Waals surface area contributed by atoms with Gasteiger partial charge in [-0.2, -0.15) is 0 Å². The van der Waals surface area contributed by atoms with Crippen molar-refractivity contribution < 1.29 is 5.32 Å². The number of fused-ring (bicyclic) bond motifs is 6. The van der Waals surface area contributed by atoms with E-state index in [0.717, 1.165) is 16.9 Å². The molecule has 1 aliphatic rings. The number of hydrogen-bond acceptors (Lipinski definition) is 1. The quantitative estimate of drug-likeness (QED) is 0.252. The molecule has 2 N–H and O–H groups in total. The zero-order valence-electron chi connectivity index (χ0n) is 20.7. The highest BCUT2D eigenvalue weighted by atomic mass is 15.0. The average molecular weight is 487 g/mol. The maximum absolute atomic E-state index is 4.81. The number of rotatable bonds is 3. The van der Waals surface area contributed by atoms with Crippen LogP contribution in [0.3, 0.4) is 0 Å². The van der Waals surface area contributed by atoms with Gasteiger partial charge in [-0.25, -0.2) is 0 Å². The van der Waals surface area contributed by atoms with Crippen LogP contribution in [0.25, 0.3) is 61.0 Å². The zero-order chi connectivity index (χ0) is 25.1. The van der Waals surface area contributed by atoms with Crippen LogP contribution in [0.1, 0.15) is 0 Å². The number of pyridine rings is 1. The lowest BCUT2D eigenvalue weighted by atomic mass is 9.98. The van der Waals surface area contributed by atoms with Crippen molar-refractivity contribution in [3.8, 4) is 39.2 Å². The number of aromatic nitrogens is 2. The van der Waals surface area contributed by atoms with Crippen LogP contribution in [0, 0.1) is 0 Å². The van der Waals surface area contributed by atoms with E-state index in [1.54, 1.807) is 0 Å². The Kier molecular flexibility index (Phi) is 4.60. The largest absolute Gasteiger partial charge is 0.308 e. The number of para-hydroxylation sites is 2. The van der Waals surface area contributed by atoms with E-state index in [2.05, 4.69) is 119 Å². The fourth-order valence-corrected chi connectivity index (χ4v) is 5.86. The Morgan fingerprint density at radius 2 is 1.24 bits per heavy atom. The predicted molar refractivity (Wildman–Crippen MR) is 156 cm³/mol. The minimum absolute atomic E-state index is 0.979. The van der Waals surface area contributed by atoms with Gasteiger partial charge in [-0.15, -0.1) is 0 Å². The molecule has 0 saturated carbocycles. The van der Waals surface area contributed by atoms with Gasteiger partial charge in [-0.05, 0) is 59.7 Å². The number of nitrogens with two attached hydrogens (primary N) is 1.